The summed E-state index contributed by atoms with van der Waals surface area (Å²) in [5.74, 6) is 1.47. The summed E-state index contributed by atoms with van der Waals surface area (Å²) < 4.78 is 27.5. The van der Waals surface area contributed by atoms with Crippen molar-refractivity contribution in [3.05, 3.63) is 70.7 Å². The first-order valence-corrected chi connectivity index (χ1v) is 12.4. The van der Waals surface area contributed by atoms with E-state index in [-0.39, 0.29) is 12.4 Å². The number of aromatic nitrogens is 3. The van der Waals surface area contributed by atoms with Gasteiger partial charge in [-0.05, 0) is 44.0 Å². The lowest BCUT2D eigenvalue weighted by atomic mass is 9.95. The molecular weight excluding hydrogens is 469 g/mol. The number of benzene rings is 2. The summed E-state index contributed by atoms with van der Waals surface area (Å²) in [5.41, 5.74) is 7.97. The number of primary amides is 1. The number of hydrogen-bond donors (Lipinski definition) is 2. The Balaban J connectivity index is 1.71. The van der Waals surface area contributed by atoms with Gasteiger partial charge in [-0.25, -0.2) is 9.07 Å². The second-order valence-electron chi connectivity index (χ2n) is 7.96. The summed E-state index contributed by atoms with van der Waals surface area (Å²) in [6.45, 7) is 6.20. The SMILES string of the molecule is CCCSc1nc2n(n1)C(c1ccc(OCc3ccccc3F)c(OCC)c1)C(C(N)=O)=C(C)N2. The monoisotopic (exact) mass is 497 g/mol. The Morgan fingerprint density at radius 2 is 2.00 bits per heavy atom. The molecule has 1 unspecified atom stereocenters. The highest BCUT2D eigenvalue weighted by atomic mass is 32.2. The van der Waals surface area contributed by atoms with E-state index in [0.29, 0.717) is 46.0 Å². The van der Waals surface area contributed by atoms with Crippen molar-refractivity contribution in [2.24, 2.45) is 5.73 Å². The van der Waals surface area contributed by atoms with Gasteiger partial charge in [-0.2, -0.15) is 4.98 Å². The van der Waals surface area contributed by atoms with Gasteiger partial charge in [0, 0.05) is 17.0 Å². The van der Waals surface area contributed by atoms with Gasteiger partial charge in [0.05, 0.1) is 12.2 Å². The van der Waals surface area contributed by atoms with Crippen molar-refractivity contribution < 1.29 is 18.7 Å². The van der Waals surface area contributed by atoms with E-state index in [1.54, 1.807) is 53.7 Å². The lowest BCUT2D eigenvalue weighted by Crippen LogP contribution is -2.31. The number of amides is 1. The number of carbonyl (C=O) groups is 1. The number of anilines is 1. The quantitative estimate of drug-likeness (QED) is 0.392. The molecule has 1 aliphatic heterocycles. The number of ether oxygens (including phenoxy) is 2. The highest BCUT2D eigenvalue weighted by Gasteiger charge is 2.34. The van der Waals surface area contributed by atoms with Crippen molar-refractivity contribution >= 4 is 23.6 Å². The van der Waals surface area contributed by atoms with Crippen LogP contribution in [0.5, 0.6) is 11.5 Å². The molecule has 0 spiro atoms. The van der Waals surface area contributed by atoms with Gasteiger partial charge in [0.1, 0.15) is 18.5 Å². The van der Waals surface area contributed by atoms with Gasteiger partial charge in [-0.3, -0.25) is 4.79 Å². The second kappa shape index (κ2) is 10.8. The molecule has 1 aromatic heterocycles. The minimum atomic E-state index is -0.591. The van der Waals surface area contributed by atoms with Crippen LogP contribution in [0, 0.1) is 5.82 Å². The predicted molar refractivity (Wildman–Crippen MR) is 133 cm³/mol. The number of thioether (sulfide) groups is 1. The molecule has 35 heavy (non-hydrogen) atoms. The first-order valence-electron chi connectivity index (χ1n) is 11.4. The van der Waals surface area contributed by atoms with Gasteiger partial charge in [0.2, 0.25) is 17.0 Å². The molecule has 2 heterocycles. The molecule has 0 saturated heterocycles. The average Bonchev–Trinajstić information content (AvgIpc) is 3.24. The van der Waals surface area contributed by atoms with Crippen LogP contribution < -0.4 is 20.5 Å². The molecule has 0 bridgehead atoms. The smallest absolute Gasteiger partial charge is 0.248 e. The number of nitrogens with zero attached hydrogens (tertiary/aromatic N) is 3. The zero-order valence-corrected chi connectivity index (χ0v) is 20.7. The van der Waals surface area contributed by atoms with Crippen molar-refractivity contribution in [3.63, 3.8) is 0 Å². The molecule has 3 aromatic rings. The highest BCUT2D eigenvalue weighted by Crippen LogP contribution is 2.39. The second-order valence-corrected chi connectivity index (χ2v) is 9.02. The van der Waals surface area contributed by atoms with Gasteiger partial charge < -0.3 is 20.5 Å². The van der Waals surface area contributed by atoms with E-state index < -0.39 is 11.9 Å². The number of rotatable bonds is 10. The number of nitrogens with one attached hydrogen (secondary N) is 1. The van der Waals surface area contributed by atoms with Crippen LogP contribution in [0.2, 0.25) is 0 Å². The molecule has 3 N–H and O–H groups in total. The summed E-state index contributed by atoms with van der Waals surface area (Å²) in [5, 5.41) is 8.41. The summed E-state index contributed by atoms with van der Waals surface area (Å²) in [6, 6.07) is 11.2. The number of nitrogens with two attached hydrogens (primary N) is 1. The van der Waals surface area contributed by atoms with E-state index >= 15 is 0 Å². The van der Waals surface area contributed by atoms with Gasteiger partial charge in [-0.1, -0.05) is 43.0 Å². The predicted octanol–water partition coefficient (Wildman–Crippen LogP) is 4.67. The maximum Gasteiger partial charge on any atom is 0.248 e. The van der Waals surface area contributed by atoms with Gasteiger partial charge in [-0.15, -0.1) is 5.10 Å². The maximum absolute atomic E-state index is 14.0. The van der Waals surface area contributed by atoms with Crippen molar-refractivity contribution in [2.45, 2.75) is 45.0 Å². The number of allylic oxidation sites excluding steroid dienone is 1. The molecular formula is C25H28FN5O3S. The molecule has 0 fully saturated rings. The van der Waals surface area contributed by atoms with E-state index in [0.717, 1.165) is 17.7 Å². The van der Waals surface area contributed by atoms with Gasteiger partial charge in [0.15, 0.2) is 11.5 Å². The first-order chi connectivity index (χ1) is 16.9. The Kier molecular flexibility index (Phi) is 7.60. The zero-order valence-electron chi connectivity index (χ0n) is 19.9. The largest absolute Gasteiger partial charge is 0.490 e. The third-order valence-electron chi connectivity index (χ3n) is 5.46. The third kappa shape index (κ3) is 5.27. The fourth-order valence-corrected chi connectivity index (χ4v) is 4.55. The molecule has 4 rings (SSSR count). The summed E-state index contributed by atoms with van der Waals surface area (Å²) in [7, 11) is 0. The minimum Gasteiger partial charge on any atom is -0.490 e. The Bertz CT molecular complexity index is 1260. The number of halogens is 1. The van der Waals surface area contributed by atoms with E-state index in [2.05, 4.69) is 22.3 Å². The van der Waals surface area contributed by atoms with Gasteiger partial charge in [0.25, 0.3) is 0 Å². The van der Waals surface area contributed by atoms with Crippen LogP contribution in [0.25, 0.3) is 0 Å². The van der Waals surface area contributed by atoms with E-state index in [4.69, 9.17) is 15.2 Å². The maximum atomic E-state index is 14.0. The first kappa shape index (κ1) is 24.6. The molecule has 184 valence electrons. The van der Waals surface area contributed by atoms with Crippen molar-refractivity contribution in [1.82, 2.24) is 14.8 Å². The minimum absolute atomic E-state index is 0.0518. The molecule has 10 heteroatoms. The molecule has 1 amide bonds. The Morgan fingerprint density at radius 1 is 1.20 bits per heavy atom. The van der Waals surface area contributed by atoms with Crippen molar-refractivity contribution in [3.8, 4) is 11.5 Å². The Morgan fingerprint density at radius 3 is 2.71 bits per heavy atom. The third-order valence-corrected chi connectivity index (χ3v) is 6.50. The summed E-state index contributed by atoms with van der Waals surface area (Å²) in [4.78, 5) is 17.1. The number of carbonyl (C=O) groups excluding carboxylic acids is 1. The standard InChI is InChI=1S/C25H28FN5O3S/c1-4-12-35-25-29-24-28-15(3)21(23(27)32)22(31(24)30-25)16-10-11-19(20(13-16)33-5-2)34-14-17-8-6-7-9-18(17)26/h6-11,13,22H,4-5,12,14H2,1-3H3,(H2,27,32)(H,28,29,30). The topological polar surface area (TPSA) is 104 Å². The lowest BCUT2D eigenvalue weighted by Gasteiger charge is -2.28. The molecule has 0 radical (unpaired) electrons. The molecule has 8 nitrogen and oxygen atoms in total. The zero-order chi connectivity index (χ0) is 24.9. The molecule has 2 aromatic carbocycles. The Hall–Kier alpha value is -3.53. The fraction of sp³-hybridized carbons (Fsp3) is 0.320. The van der Waals surface area contributed by atoms with Crippen molar-refractivity contribution in [2.75, 3.05) is 17.7 Å². The van der Waals surface area contributed by atoms with Crippen molar-refractivity contribution in [1.29, 1.82) is 0 Å². The molecule has 1 atom stereocenters. The average molecular weight is 498 g/mol. The van der Waals surface area contributed by atoms with Crippen LogP contribution in [0.3, 0.4) is 0 Å². The summed E-state index contributed by atoms with van der Waals surface area (Å²) >= 11 is 1.55. The van der Waals surface area contributed by atoms with Crippen LogP contribution in [-0.4, -0.2) is 33.0 Å². The van der Waals surface area contributed by atoms with Crippen LogP contribution in [0.1, 0.15) is 44.4 Å². The summed E-state index contributed by atoms with van der Waals surface area (Å²) in [6.07, 6.45) is 0.987. The van der Waals surface area contributed by atoms with E-state index in [1.807, 2.05) is 13.0 Å². The molecule has 1 aliphatic rings. The highest BCUT2D eigenvalue weighted by molar-refractivity contribution is 7.99. The normalized spacial score (nSPS) is 14.9. The van der Waals surface area contributed by atoms with Crippen LogP contribution in [-0.2, 0) is 11.4 Å². The Labute approximate surface area is 207 Å². The number of hydrogen-bond acceptors (Lipinski definition) is 7. The van der Waals surface area contributed by atoms with Crippen LogP contribution >= 0.6 is 11.8 Å². The van der Waals surface area contributed by atoms with Crippen LogP contribution in [0.4, 0.5) is 10.3 Å². The van der Waals surface area contributed by atoms with E-state index in [1.165, 1.54) is 6.07 Å². The molecule has 0 aliphatic carbocycles. The van der Waals surface area contributed by atoms with Crippen LogP contribution in [0.15, 0.2) is 58.9 Å². The molecule has 0 saturated carbocycles. The van der Waals surface area contributed by atoms with Gasteiger partial charge >= 0.3 is 0 Å². The lowest BCUT2D eigenvalue weighted by molar-refractivity contribution is -0.115. The number of fused-ring (bicyclic) bond motifs is 1. The fourth-order valence-electron chi connectivity index (χ4n) is 3.87. The van der Waals surface area contributed by atoms with E-state index in [9.17, 15) is 9.18 Å².